The molecule has 5 nitrogen and oxygen atoms in total. The second-order valence-corrected chi connectivity index (χ2v) is 2.74. The summed E-state index contributed by atoms with van der Waals surface area (Å²) in [6.45, 7) is 0. The lowest BCUT2D eigenvalue weighted by Crippen LogP contribution is -1.85. The molecule has 0 aliphatic rings. The third-order valence-electron chi connectivity index (χ3n) is 1.55. The van der Waals surface area contributed by atoms with Crippen LogP contribution >= 0.6 is 0 Å². The summed E-state index contributed by atoms with van der Waals surface area (Å²) in [5.41, 5.74) is 0.898. The van der Waals surface area contributed by atoms with E-state index in [9.17, 15) is 4.79 Å². The molecule has 1 heterocycles. The van der Waals surface area contributed by atoms with Gasteiger partial charge in [-0.2, -0.15) is 15.4 Å². The molecule has 0 radical (unpaired) electrons. The molecule has 2 N–H and O–H groups in total. The van der Waals surface area contributed by atoms with Crippen molar-refractivity contribution in [3.8, 4) is 0 Å². The van der Waals surface area contributed by atoms with Crippen LogP contribution in [0, 0.1) is 0 Å². The van der Waals surface area contributed by atoms with E-state index in [-0.39, 0.29) is 0 Å². The standard InChI is InChI=1S/C9H8O2.C2H3N3/c10-9(11)7-6-8-4-2-1-3-5-8;1-2-4-5-3-1/h1-7H,(H,10,11);1-2H,(H,3,4,5). The highest BCUT2D eigenvalue weighted by Gasteiger charge is 1.85. The van der Waals surface area contributed by atoms with Crippen molar-refractivity contribution in [2.24, 2.45) is 0 Å². The van der Waals surface area contributed by atoms with E-state index < -0.39 is 5.97 Å². The largest absolute Gasteiger partial charge is 0.478 e. The van der Waals surface area contributed by atoms with Crippen molar-refractivity contribution in [1.29, 1.82) is 0 Å². The zero-order chi connectivity index (χ0) is 11.6. The number of aromatic amines is 1. The van der Waals surface area contributed by atoms with E-state index in [1.165, 1.54) is 0 Å². The van der Waals surface area contributed by atoms with Gasteiger partial charge < -0.3 is 5.11 Å². The van der Waals surface area contributed by atoms with E-state index >= 15 is 0 Å². The third kappa shape index (κ3) is 5.33. The van der Waals surface area contributed by atoms with Crippen molar-refractivity contribution >= 4 is 12.0 Å². The van der Waals surface area contributed by atoms with Gasteiger partial charge in [-0.3, -0.25) is 0 Å². The first-order valence-electron chi connectivity index (χ1n) is 4.55. The summed E-state index contributed by atoms with van der Waals surface area (Å²) >= 11 is 0. The molecule has 2 rings (SSSR count). The summed E-state index contributed by atoms with van der Waals surface area (Å²) < 4.78 is 0. The van der Waals surface area contributed by atoms with Crippen molar-refractivity contribution in [3.05, 3.63) is 54.4 Å². The lowest BCUT2D eigenvalue weighted by molar-refractivity contribution is -0.131. The van der Waals surface area contributed by atoms with Gasteiger partial charge >= 0.3 is 5.97 Å². The smallest absolute Gasteiger partial charge is 0.328 e. The van der Waals surface area contributed by atoms with E-state index in [4.69, 9.17) is 5.11 Å². The van der Waals surface area contributed by atoms with Crippen LogP contribution in [0.1, 0.15) is 5.56 Å². The Morgan fingerprint density at radius 2 is 1.81 bits per heavy atom. The van der Waals surface area contributed by atoms with Gasteiger partial charge in [0.15, 0.2) is 0 Å². The Labute approximate surface area is 92.4 Å². The van der Waals surface area contributed by atoms with Gasteiger partial charge in [-0.1, -0.05) is 30.3 Å². The van der Waals surface area contributed by atoms with E-state index in [0.717, 1.165) is 11.6 Å². The average Bonchev–Trinajstić information content (AvgIpc) is 2.86. The normalized spacial score (nSPS) is 9.50. The van der Waals surface area contributed by atoms with Gasteiger partial charge in [0.1, 0.15) is 0 Å². The van der Waals surface area contributed by atoms with Crippen LogP contribution in [0.25, 0.3) is 6.08 Å². The third-order valence-corrected chi connectivity index (χ3v) is 1.55. The number of H-pyrrole nitrogens is 1. The molecule has 0 fully saturated rings. The molecule has 82 valence electrons. The maximum atomic E-state index is 10.1. The second kappa shape index (κ2) is 6.94. The van der Waals surface area contributed by atoms with E-state index in [2.05, 4.69) is 15.4 Å². The highest BCUT2D eigenvalue weighted by atomic mass is 16.4. The van der Waals surface area contributed by atoms with Gasteiger partial charge in [0.25, 0.3) is 0 Å². The molecule has 0 amide bonds. The maximum Gasteiger partial charge on any atom is 0.328 e. The fourth-order valence-corrected chi connectivity index (χ4v) is 0.898. The summed E-state index contributed by atoms with van der Waals surface area (Å²) in [7, 11) is 0. The number of aliphatic carboxylic acids is 1. The van der Waals surface area contributed by atoms with Gasteiger partial charge in [-0.15, -0.1) is 0 Å². The molecule has 1 aromatic heterocycles. The minimum absolute atomic E-state index is 0.898. The van der Waals surface area contributed by atoms with Crippen molar-refractivity contribution in [3.63, 3.8) is 0 Å². The van der Waals surface area contributed by atoms with Gasteiger partial charge in [-0.25, -0.2) is 4.79 Å². The summed E-state index contributed by atoms with van der Waals surface area (Å²) in [6.07, 6.45) is 5.84. The molecule has 0 aliphatic carbocycles. The highest BCUT2D eigenvalue weighted by Crippen LogP contribution is 1.99. The number of nitrogens with one attached hydrogen (secondary N) is 1. The summed E-state index contributed by atoms with van der Waals surface area (Å²) in [5, 5.41) is 17.6. The minimum Gasteiger partial charge on any atom is -0.478 e. The Morgan fingerprint density at radius 1 is 1.19 bits per heavy atom. The first-order valence-corrected chi connectivity index (χ1v) is 4.55. The SMILES string of the molecule is O=C(O)C=Cc1ccccc1.c1cn[nH]n1. The number of carboxylic acid groups (broad SMARTS) is 1. The van der Waals surface area contributed by atoms with Gasteiger partial charge in [-0.05, 0) is 11.6 Å². The molecule has 16 heavy (non-hydrogen) atoms. The van der Waals surface area contributed by atoms with Crippen molar-refractivity contribution in [2.75, 3.05) is 0 Å². The molecule has 2 aromatic rings. The number of hydrogen-bond donors (Lipinski definition) is 2. The number of hydrogen-bond acceptors (Lipinski definition) is 3. The Hall–Kier alpha value is -2.43. The van der Waals surface area contributed by atoms with Crippen molar-refractivity contribution in [2.45, 2.75) is 0 Å². The lowest BCUT2D eigenvalue weighted by Gasteiger charge is -1.87. The zero-order valence-electron chi connectivity index (χ0n) is 8.45. The summed E-state index contributed by atoms with van der Waals surface area (Å²) in [4.78, 5) is 10.1. The first kappa shape index (κ1) is 11.6. The fraction of sp³-hybridized carbons (Fsp3) is 0. The molecule has 0 saturated heterocycles. The summed E-state index contributed by atoms with van der Waals surface area (Å²) in [6, 6.07) is 9.31. The number of carbonyl (C=O) groups is 1. The molecular weight excluding hydrogens is 206 g/mol. The minimum atomic E-state index is -0.922. The van der Waals surface area contributed by atoms with Crippen LogP contribution < -0.4 is 0 Å². The van der Waals surface area contributed by atoms with Crippen molar-refractivity contribution < 1.29 is 9.90 Å². The predicted octanol–water partition coefficient (Wildman–Crippen LogP) is 1.59. The van der Waals surface area contributed by atoms with Crippen LogP contribution in [-0.4, -0.2) is 26.5 Å². The predicted molar refractivity (Wildman–Crippen MR) is 59.5 cm³/mol. The number of carboxylic acids is 1. The lowest BCUT2D eigenvalue weighted by atomic mass is 10.2. The number of benzene rings is 1. The van der Waals surface area contributed by atoms with Crippen LogP contribution in [0.2, 0.25) is 0 Å². The van der Waals surface area contributed by atoms with Crippen LogP contribution in [0.15, 0.2) is 48.8 Å². The first-order chi connectivity index (χ1) is 7.79. The monoisotopic (exact) mass is 217 g/mol. The topological polar surface area (TPSA) is 78.9 Å². The van der Waals surface area contributed by atoms with Crippen LogP contribution in [0.5, 0.6) is 0 Å². The maximum absolute atomic E-state index is 10.1. The zero-order valence-corrected chi connectivity index (χ0v) is 8.45. The molecule has 0 unspecified atom stereocenters. The molecule has 1 aromatic carbocycles. The Bertz CT molecular complexity index is 407. The Balaban J connectivity index is 0.000000212. The molecular formula is C11H11N3O2. The van der Waals surface area contributed by atoms with Gasteiger partial charge in [0.05, 0.1) is 12.4 Å². The molecule has 0 aliphatic heterocycles. The Kier molecular flexibility index (Phi) is 5.05. The van der Waals surface area contributed by atoms with Crippen LogP contribution in [-0.2, 0) is 4.79 Å². The van der Waals surface area contributed by atoms with E-state index in [0.29, 0.717) is 0 Å². The summed E-state index contributed by atoms with van der Waals surface area (Å²) in [5.74, 6) is -0.922. The van der Waals surface area contributed by atoms with Crippen LogP contribution in [0.3, 0.4) is 0 Å². The molecule has 0 bridgehead atoms. The average molecular weight is 217 g/mol. The van der Waals surface area contributed by atoms with E-state index in [1.807, 2.05) is 30.3 Å². The molecule has 0 saturated carbocycles. The highest BCUT2D eigenvalue weighted by molar-refractivity contribution is 5.85. The molecule has 0 spiro atoms. The number of rotatable bonds is 2. The number of nitrogens with zero attached hydrogens (tertiary/aromatic N) is 2. The van der Waals surface area contributed by atoms with Crippen LogP contribution in [0.4, 0.5) is 0 Å². The second-order valence-electron chi connectivity index (χ2n) is 2.74. The number of aromatic nitrogens is 3. The Morgan fingerprint density at radius 3 is 2.25 bits per heavy atom. The van der Waals surface area contributed by atoms with Crippen molar-refractivity contribution in [1.82, 2.24) is 15.4 Å². The van der Waals surface area contributed by atoms with E-state index in [1.54, 1.807) is 18.5 Å². The molecule has 0 atom stereocenters. The molecule has 5 heteroatoms. The quantitative estimate of drug-likeness (QED) is 0.748. The van der Waals surface area contributed by atoms with Gasteiger partial charge in [0, 0.05) is 6.08 Å². The fourth-order valence-electron chi connectivity index (χ4n) is 0.898. The van der Waals surface area contributed by atoms with Gasteiger partial charge in [0.2, 0.25) is 0 Å².